The highest BCUT2D eigenvalue weighted by atomic mass is 28.4. The molecular weight excluding hydrogens is 615 g/mol. The molecule has 1 aliphatic heterocycles. The normalized spacial score (nSPS) is 19.9. The smallest absolute Gasteiger partial charge is 0.416 e. The minimum Gasteiger partial charge on any atom is -0.443 e. The molecule has 1 amide bonds. The van der Waals surface area contributed by atoms with Crippen LogP contribution in [0.15, 0.2) is 43.0 Å². The third kappa shape index (κ3) is 8.25. The summed E-state index contributed by atoms with van der Waals surface area (Å²) in [4.78, 5) is 29.0. The fraction of sp³-hybridized carbons (Fsp3) is 0.647. The summed E-state index contributed by atoms with van der Waals surface area (Å²) in [7, 11) is -4.14. The monoisotopic (exact) mass is 669 g/mol. The van der Waals surface area contributed by atoms with Gasteiger partial charge in [0.1, 0.15) is 24.3 Å². The second-order valence-corrected chi connectivity index (χ2v) is 26.0. The van der Waals surface area contributed by atoms with Gasteiger partial charge in [0.05, 0.1) is 25.6 Å². The number of amides is 1. The van der Waals surface area contributed by atoms with Gasteiger partial charge in [-0.2, -0.15) is 0 Å². The van der Waals surface area contributed by atoms with Crippen molar-refractivity contribution in [3.63, 3.8) is 0 Å². The average Bonchev–Trinajstić information content (AvgIpc) is 3.52. The zero-order chi connectivity index (χ0) is 34.3. The molecule has 3 atom stereocenters. The van der Waals surface area contributed by atoms with Crippen LogP contribution >= 0.6 is 0 Å². The molecule has 46 heavy (non-hydrogen) atoms. The van der Waals surface area contributed by atoms with Crippen molar-refractivity contribution >= 4 is 39.7 Å². The maximum absolute atomic E-state index is 13.6. The molecule has 1 unspecified atom stereocenters. The number of benzene rings is 1. The first-order valence-corrected chi connectivity index (χ1v) is 22.1. The lowest BCUT2D eigenvalue weighted by Gasteiger charge is -2.40. The number of fused-ring (bicyclic) bond motifs is 1. The molecule has 0 spiro atoms. The Hall–Kier alpha value is -2.65. The quantitative estimate of drug-likeness (QED) is 0.209. The fourth-order valence-electron chi connectivity index (χ4n) is 4.76. The molecule has 1 fully saturated rings. The number of hydrogen-bond acceptors (Lipinski definition) is 8. The SMILES string of the molecule is CC(C)(C)OC(=O)N(Cc1ccccc1)c1ncnc2c1ncn2[C@H]1CC(O[Si](C)(C)C(C)(C)C)[C@@H](CO[Si](C)(C)C(C)(C)C)O1. The minimum atomic E-state index is -2.12. The Labute approximate surface area is 277 Å². The Morgan fingerprint density at radius 3 is 2.15 bits per heavy atom. The highest BCUT2D eigenvalue weighted by Crippen LogP contribution is 2.43. The molecule has 1 aliphatic rings. The van der Waals surface area contributed by atoms with Crippen molar-refractivity contribution in [2.45, 2.75) is 136 Å². The summed E-state index contributed by atoms with van der Waals surface area (Å²) in [6.45, 7) is 28.8. The van der Waals surface area contributed by atoms with E-state index in [1.54, 1.807) is 6.33 Å². The van der Waals surface area contributed by atoms with E-state index in [9.17, 15) is 4.79 Å². The van der Waals surface area contributed by atoms with E-state index in [4.69, 9.17) is 23.3 Å². The van der Waals surface area contributed by atoms with Crippen molar-refractivity contribution in [3.8, 4) is 0 Å². The van der Waals surface area contributed by atoms with E-state index in [0.717, 1.165) is 5.56 Å². The lowest BCUT2D eigenvalue weighted by molar-refractivity contribution is -0.0383. The van der Waals surface area contributed by atoms with Crippen molar-refractivity contribution in [3.05, 3.63) is 48.5 Å². The Morgan fingerprint density at radius 1 is 0.935 bits per heavy atom. The number of hydrogen-bond donors (Lipinski definition) is 0. The van der Waals surface area contributed by atoms with Crippen LogP contribution in [0.5, 0.6) is 0 Å². The van der Waals surface area contributed by atoms with Crippen LogP contribution in [0.1, 0.15) is 80.5 Å². The second-order valence-electron chi connectivity index (χ2n) is 16.4. The van der Waals surface area contributed by atoms with Crippen LogP contribution in [-0.4, -0.2) is 66.7 Å². The molecule has 0 bridgehead atoms. The summed E-state index contributed by atoms with van der Waals surface area (Å²) in [5, 5.41) is 0.123. The molecule has 0 saturated carbocycles. The molecule has 0 aliphatic carbocycles. The van der Waals surface area contributed by atoms with Crippen molar-refractivity contribution in [1.82, 2.24) is 19.5 Å². The maximum atomic E-state index is 13.6. The number of imidazole rings is 1. The lowest BCUT2D eigenvalue weighted by Crippen LogP contribution is -2.48. The van der Waals surface area contributed by atoms with Crippen LogP contribution in [0.3, 0.4) is 0 Å². The van der Waals surface area contributed by atoms with Gasteiger partial charge in [-0.1, -0.05) is 71.9 Å². The molecule has 254 valence electrons. The Morgan fingerprint density at radius 2 is 1.57 bits per heavy atom. The van der Waals surface area contributed by atoms with Gasteiger partial charge < -0.3 is 18.3 Å². The number of aromatic nitrogens is 4. The van der Waals surface area contributed by atoms with Crippen LogP contribution < -0.4 is 4.90 Å². The highest BCUT2D eigenvalue weighted by molar-refractivity contribution is 6.74. The van der Waals surface area contributed by atoms with Gasteiger partial charge in [-0.3, -0.25) is 9.47 Å². The van der Waals surface area contributed by atoms with Gasteiger partial charge in [0.15, 0.2) is 33.6 Å². The summed E-state index contributed by atoms with van der Waals surface area (Å²) < 4.78 is 28.2. The van der Waals surface area contributed by atoms with Crippen molar-refractivity contribution in [1.29, 1.82) is 0 Å². The van der Waals surface area contributed by atoms with Crippen LogP contribution in [0, 0.1) is 0 Å². The zero-order valence-electron chi connectivity index (χ0n) is 30.2. The predicted molar refractivity (Wildman–Crippen MR) is 188 cm³/mol. The van der Waals surface area contributed by atoms with Crippen molar-refractivity contribution in [2.24, 2.45) is 0 Å². The minimum absolute atomic E-state index is 0.0453. The highest BCUT2D eigenvalue weighted by Gasteiger charge is 2.47. The Balaban J connectivity index is 1.69. The zero-order valence-corrected chi connectivity index (χ0v) is 32.2. The summed E-state index contributed by atoms with van der Waals surface area (Å²) in [6.07, 6.45) is 2.55. The number of ether oxygens (including phenoxy) is 2. The molecule has 3 aromatic rings. The number of carbonyl (C=O) groups excluding carboxylic acids is 1. The van der Waals surface area contributed by atoms with E-state index in [1.807, 2.05) is 55.7 Å². The van der Waals surface area contributed by atoms with Crippen LogP contribution in [-0.2, 0) is 24.9 Å². The first kappa shape index (κ1) is 36.2. The van der Waals surface area contributed by atoms with Gasteiger partial charge >= 0.3 is 6.09 Å². The maximum Gasteiger partial charge on any atom is 0.416 e. The predicted octanol–water partition coefficient (Wildman–Crippen LogP) is 8.47. The van der Waals surface area contributed by atoms with Crippen molar-refractivity contribution in [2.75, 3.05) is 11.5 Å². The van der Waals surface area contributed by atoms with Crippen LogP contribution in [0.2, 0.25) is 36.3 Å². The summed E-state index contributed by atoms with van der Waals surface area (Å²) in [5.74, 6) is 0.381. The number of anilines is 1. The van der Waals surface area contributed by atoms with Gasteiger partial charge in [-0.05, 0) is 62.6 Å². The van der Waals surface area contributed by atoms with E-state index in [0.29, 0.717) is 30.0 Å². The van der Waals surface area contributed by atoms with Gasteiger partial charge in [0, 0.05) is 6.42 Å². The van der Waals surface area contributed by atoms with Gasteiger partial charge in [-0.25, -0.2) is 19.7 Å². The van der Waals surface area contributed by atoms with Gasteiger partial charge in [0.2, 0.25) is 0 Å². The number of nitrogens with zero attached hydrogens (tertiary/aromatic N) is 5. The summed E-state index contributed by atoms with van der Waals surface area (Å²) in [5.41, 5.74) is 1.33. The number of rotatable bonds is 9. The Bertz CT molecular complexity index is 1490. The van der Waals surface area contributed by atoms with Crippen molar-refractivity contribution < 1.29 is 23.1 Å². The van der Waals surface area contributed by atoms with E-state index < -0.39 is 28.3 Å². The largest absolute Gasteiger partial charge is 0.443 e. The van der Waals surface area contributed by atoms with E-state index in [1.165, 1.54) is 11.2 Å². The molecule has 1 saturated heterocycles. The van der Waals surface area contributed by atoms with Gasteiger partial charge in [-0.15, -0.1) is 0 Å². The van der Waals surface area contributed by atoms with Crippen LogP contribution in [0.25, 0.3) is 11.2 Å². The standard InChI is InChI=1S/C34H55N5O5Si2/c1-32(2,3)43-31(40)38(20-24-17-15-14-16-18-24)29-28-30(36-22-35-29)39(23-37-28)27-19-25(44-46(12,13)34(7,8)9)26(42-27)21-41-45(10,11)33(4,5)6/h14-18,22-23,25-27H,19-21H2,1-13H3/t25?,26-,27-/m1/s1. The molecule has 10 nitrogen and oxygen atoms in total. The lowest BCUT2D eigenvalue weighted by atomic mass is 10.2. The third-order valence-electron chi connectivity index (χ3n) is 9.55. The second kappa shape index (κ2) is 13.1. The van der Waals surface area contributed by atoms with E-state index >= 15 is 0 Å². The van der Waals surface area contributed by atoms with E-state index in [-0.39, 0.29) is 35.1 Å². The molecule has 0 radical (unpaired) electrons. The summed E-state index contributed by atoms with van der Waals surface area (Å²) in [6, 6.07) is 9.76. The topological polar surface area (TPSA) is 101 Å². The first-order valence-electron chi connectivity index (χ1n) is 16.3. The molecule has 3 heterocycles. The molecule has 2 aromatic heterocycles. The Kier molecular flexibility index (Phi) is 10.3. The van der Waals surface area contributed by atoms with E-state index in [2.05, 4.69) is 77.7 Å². The number of carbonyl (C=O) groups is 1. The summed E-state index contributed by atoms with van der Waals surface area (Å²) >= 11 is 0. The molecule has 4 rings (SSSR count). The van der Waals surface area contributed by atoms with Crippen LogP contribution in [0.4, 0.5) is 10.6 Å². The molecular formula is C34H55N5O5Si2. The third-order valence-corrected chi connectivity index (χ3v) is 18.6. The molecule has 0 N–H and O–H groups in total. The first-order chi connectivity index (χ1) is 21.1. The average molecular weight is 670 g/mol. The fourth-order valence-corrected chi connectivity index (χ4v) is 7.14. The molecule has 12 heteroatoms. The molecule has 1 aromatic carbocycles. The van der Waals surface area contributed by atoms with Gasteiger partial charge in [0.25, 0.3) is 0 Å².